The third kappa shape index (κ3) is 6.14. The highest BCUT2D eigenvalue weighted by Gasteiger charge is 2.58. The molecule has 0 aromatic rings. The molecule has 0 spiro atoms. The molecule has 142 valence electrons. The van der Waals surface area contributed by atoms with Crippen LogP contribution in [0.25, 0.3) is 0 Å². The summed E-state index contributed by atoms with van der Waals surface area (Å²) < 4.78 is 37.7. The lowest BCUT2D eigenvalue weighted by Crippen LogP contribution is -2.65. The van der Waals surface area contributed by atoms with Gasteiger partial charge in [-0.2, -0.15) is 0 Å². The predicted octanol–water partition coefficient (Wildman–Crippen LogP) is 4.44. The lowest BCUT2D eigenvalue weighted by atomic mass is 11.9. The average Bonchev–Trinajstić information content (AvgIpc) is 2.15. The summed E-state index contributed by atoms with van der Waals surface area (Å²) in [6.45, 7) is 21.1. The van der Waals surface area contributed by atoms with Gasteiger partial charge in [-0.1, -0.05) is 20.5 Å². The first-order valence-electron chi connectivity index (χ1n) is 8.02. The zero-order chi connectivity index (χ0) is 18.7. The first kappa shape index (κ1) is 22.1. The largest absolute Gasteiger partial charge is 0.416 e. The molecule has 2 aliphatic rings. The van der Waals surface area contributed by atoms with Crippen molar-refractivity contribution >= 4 is 70.2 Å². The first-order valence-corrected chi connectivity index (χ1v) is 27.5. The van der Waals surface area contributed by atoms with E-state index < -0.39 is 49.7 Å². The molecule has 24 heavy (non-hydrogen) atoms. The molecule has 6 nitrogen and oxygen atoms in total. The molecule has 0 aromatic carbocycles. The van der Waals surface area contributed by atoms with E-state index in [1.807, 2.05) is 0 Å². The summed E-state index contributed by atoms with van der Waals surface area (Å²) >= 11 is 0. The Hall–Kier alpha value is 1.76. The first-order chi connectivity index (χ1) is 10.4. The Morgan fingerprint density at radius 1 is 0.375 bits per heavy atom. The second-order valence-electron chi connectivity index (χ2n) is 8.10. The van der Waals surface area contributed by atoms with Crippen molar-refractivity contribution in [2.75, 3.05) is 0 Å². The molecule has 0 aromatic heterocycles. The molecule has 0 aliphatic carbocycles. The van der Waals surface area contributed by atoms with Gasteiger partial charge in [0.25, 0.3) is 0 Å². The molecule has 2 rings (SSSR count). The van der Waals surface area contributed by atoms with E-state index in [-0.39, 0.29) is 0 Å². The van der Waals surface area contributed by atoms with Gasteiger partial charge in [0.2, 0.25) is 0 Å². The van der Waals surface area contributed by atoms with Crippen molar-refractivity contribution in [1.82, 2.24) is 0 Å². The Labute approximate surface area is 159 Å². The normalized spacial score (nSPS) is 32.2. The summed E-state index contributed by atoms with van der Waals surface area (Å²) in [4.78, 5) is 0. The van der Waals surface area contributed by atoms with Crippen LogP contribution in [0.1, 0.15) is 0 Å². The van der Waals surface area contributed by atoms with Crippen molar-refractivity contribution in [3.63, 3.8) is 0 Å². The second kappa shape index (κ2) is 6.68. The third-order valence-corrected chi connectivity index (χ3v) is 38.9. The Morgan fingerprint density at radius 2 is 0.583 bits per heavy atom. The van der Waals surface area contributed by atoms with Crippen molar-refractivity contribution < 1.29 is 24.7 Å². The van der Waals surface area contributed by atoms with Crippen LogP contribution in [0.2, 0.25) is 65.5 Å². The van der Waals surface area contributed by atoms with Gasteiger partial charge in [0.1, 0.15) is 0 Å². The van der Waals surface area contributed by atoms with Crippen LogP contribution in [0.3, 0.4) is 0 Å². The maximum Gasteiger partial charge on any atom is 0.395 e. The molecule has 14 heteroatoms. The van der Waals surface area contributed by atoms with Gasteiger partial charge in [-0.3, -0.25) is 0 Å². The highest BCUT2D eigenvalue weighted by atomic mass is 33.3. The third-order valence-electron chi connectivity index (χ3n) is 3.05. The van der Waals surface area contributed by atoms with Crippen LogP contribution in [0, 0.1) is 0 Å². The van der Waals surface area contributed by atoms with Gasteiger partial charge in [0.05, 0.1) is 0 Å². The predicted molar refractivity (Wildman–Crippen MR) is 115 cm³/mol. The van der Waals surface area contributed by atoms with Crippen LogP contribution in [-0.4, -0.2) is 49.7 Å². The molecular weight excluding hydrogens is 449 g/mol. The van der Waals surface area contributed by atoms with E-state index in [0.29, 0.717) is 0 Å². The van der Waals surface area contributed by atoms with Crippen LogP contribution < -0.4 is 0 Å². The molecular formula is C10H30O6S2Si6. The molecule has 2 heterocycles. The lowest BCUT2D eigenvalue weighted by Gasteiger charge is -2.49. The van der Waals surface area contributed by atoms with Gasteiger partial charge in [-0.15, -0.1) is 0 Å². The summed E-state index contributed by atoms with van der Waals surface area (Å²) in [5.41, 5.74) is 0. The van der Waals surface area contributed by atoms with Crippen LogP contribution in [0.4, 0.5) is 0 Å². The zero-order valence-electron chi connectivity index (χ0n) is 16.3. The fraction of sp³-hybridized carbons (Fsp3) is 1.00. The lowest BCUT2D eigenvalue weighted by molar-refractivity contribution is 0.247. The molecule has 2 fully saturated rings. The van der Waals surface area contributed by atoms with Gasteiger partial charge < -0.3 is 24.7 Å². The van der Waals surface area contributed by atoms with Crippen LogP contribution >= 0.6 is 20.5 Å². The number of hydrogen-bond acceptors (Lipinski definition) is 8. The molecule has 2 aliphatic heterocycles. The van der Waals surface area contributed by atoms with Crippen LogP contribution in [-0.2, 0) is 24.7 Å². The number of rotatable bonds is 3. The van der Waals surface area contributed by atoms with Gasteiger partial charge in [0, 0.05) is 0 Å². The minimum Gasteiger partial charge on any atom is -0.416 e. The fourth-order valence-corrected chi connectivity index (χ4v) is 55.1. The van der Waals surface area contributed by atoms with Crippen molar-refractivity contribution in [3.05, 3.63) is 0 Å². The van der Waals surface area contributed by atoms with Crippen molar-refractivity contribution in [1.29, 1.82) is 0 Å². The van der Waals surface area contributed by atoms with Crippen molar-refractivity contribution in [3.8, 4) is 0 Å². The number of hydrogen-bond donors (Lipinski definition) is 0. The smallest absolute Gasteiger partial charge is 0.395 e. The van der Waals surface area contributed by atoms with E-state index in [1.54, 1.807) is 20.5 Å². The minimum atomic E-state index is -2.39. The highest BCUT2D eigenvalue weighted by Crippen LogP contribution is 2.48. The summed E-state index contributed by atoms with van der Waals surface area (Å²) in [7, 11) is -9.90. The summed E-state index contributed by atoms with van der Waals surface area (Å²) in [6, 6.07) is 0. The minimum absolute atomic E-state index is 1.71. The molecule has 0 atom stereocenters. The molecule has 2 saturated heterocycles. The molecule has 0 radical (unpaired) electrons. The van der Waals surface area contributed by atoms with Gasteiger partial charge in [-0.05, 0) is 65.5 Å². The Morgan fingerprint density at radius 3 is 0.792 bits per heavy atom. The molecule has 0 amide bonds. The maximum atomic E-state index is 6.35. The SMILES string of the molecule is C[Si]1(C)O[Si](C)(C)O[Si](C)(SS[Si]2(C)O[Si](C)(C)O[Si](C)(C)O2)O1. The van der Waals surface area contributed by atoms with Crippen molar-refractivity contribution in [2.24, 2.45) is 0 Å². The average molecular weight is 479 g/mol. The molecule has 0 bridgehead atoms. The molecule has 0 unspecified atom stereocenters. The monoisotopic (exact) mass is 478 g/mol. The summed E-state index contributed by atoms with van der Waals surface area (Å²) in [5, 5.41) is 0. The quantitative estimate of drug-likeness (QED) is 0.436. The van der Waals surface area contributed by atoms with Crippen LogP contribution in [0.5, 0.6) is 0 Å². The Kier molecular flexibility index (Phi) is 6.13. The fourth-order valence-electron chi connectivity index (χ4n) is 3.31. The highest BCUT2D eigenvalue weighted by molar-refractivity contribution is 8.95. The van der Waals surface area contributed by atoms with E-state index in [1.165, 1.54) is 0 Å². The summed E-state index contributed by atoms with van der Waals surface area (Å²) in [5.74, 6) is 0. The Balaban J connectivity index is 2.11. The van der Waals surface area contributed by atoms with Crippen LogP contribution in [0.15, 0.2) is 0 Å². The van der Waals surface area contributed by atoms with E-state index >= 15 is 0 Å². The second-order valence-corrected chi connectivity index (χ2v) is 36.4. The van der Waals surface area contributed by atoms with Gasteiger partial charge in [-0.25, -0.2) is 0 Å². The van der Waals surface area contributed by atoms with E-state index in [4.69, 9.17) is 24.7 Å². The van der Waals surface area contributed by atoms with E-state index in [2.05, 4.69) is 65.5 Å². The summed E-state index contributed by atoms with van der Waals surface area (Å²) in [6.07, 6.45) is 0. The van der Waals surface area contributed by atoms with E-state index in [9.17, 15) is 0 Å². The van der Waals surface area contributed by atoms with Gasteiger partial charge in [0.15, 0.2) is 0 Å². The van der Waals surface area contributed by atoms with E-state index in [0.717, 1.165) is 0 Å². The van der Waals surface area contributed by atoms with Gasteiger partial charge >= 0.3 is 49.7 Å². The molecule has 0 N–H and O–H groups in total. The Bertz CT molecular complexity index is 428. The zero-order valence-corrected chi connectivity index (χ0v) is 23.9. The maximum absolute atomic E-state index is 6.35. The topological polar surface area (TPSA) is 55.4 Å². The standard InChI is InChI=1S/C10H30O6S2Si6/c1-19(2)11-20(3,4)14-23(9,13-19)17-18-24(10)15-21(5,6)12-22(7,8)16-24/h1-10H3. The van der Waals surface area contributed by atoms with Crippen molar-refractivity contribution in [2.45, 2.75) is 65.5 Å². The molecule has 0 saturated carbocycles.